The van der Waals surface area contributed by atoms with Gasteiger partial charge in [0.1, 0.15) is 18.5 Å². The highest BCUT2D eigenvalue weighted by atomic mass is 79.9. The van der Waals surface area contributed by atoms with Gasteiger partial charge in [0.15, 0.2) is 0 Å². The van der Waals surface area contributed by atoms with Crippen LogP contribution in [-0.2, 0) is 9.53 Å². The maximum atomic E-state index is 10.9. The van der Waals surface area contributed by atoms with E-state index in [1.54, 1.807) is 0 Å². The Morgan fingerprint density at radius 2 is 2.32 bits per heavy atom. The first-order valence-corrected chi connectivity index (χ1v) is 6.94. The summed E-state index contributed by atoms with van der Waals surface area (Å²) in [6.45, 7) is 2.71. The van der Waals surface area contributed by atoms with E-state index in [0.29, 0.717) is 19.8 Å². The van der Waals surface area contributed by atoms with Crippen molar-refractivity contribution in [2.75, 3.05) is 32.8 Å². The lowest BCUT2D eigenvalue weighted by Gasteiger charge is -2.31. The predicted molar refractivity (Wildman–Crippen MR) is 75.0 cm³/mol. The van der Waals surface area contributed by atoms with Gasteiger partial charge in [-0.25, -0.2) is 0 Å². The second-order valence-electron chi connectivity index (χ2n) is 4.44. The third-order valence-electron chi connectivity index (χ3n) is 2.86. The van der Waals surface area contributed by atoms with E-state index in [2.05, 4.69) is 15.9 Å². The van der Waals surface area contributed by atoms with Gasteiger partial charge in [0.2, 0.25) is 5.91 Å². The molecule has 1 aliphatic rings. The number of morpholine rings is 1. The Labute approximate surface area is 120 Å². The Hall–Kier alpha value is -1.11. The normalized spacial score (nSPS) is 20.2. The summed E-state index contributed by atoms with van der Waals surface area (Å²) >= 11 is 3.43. The Bertz CT molecular complexity index is 442. The Morgan fingerprint density at radius 1 is 1.53 bits per heavy atom. The number of nitrogens with zero attached hydrogens (tertiary/aromatic N) is 1. The molecule has 1 fully saturated rings. The third kappa shape index (κ3) is 4.49. The molecule has 1 aromatic rings. The fourth-order valence-electron chi connectivity index (χ4n) is 1.99. The van der Waals surface area contributed by atoms with Crippen molar-refractivity contribution in [2.45, 2.75) is 6.10 Å². The highest BCUT2D eigenvalue weighted by molar-refractivity contribution is 9.10. The molecule has 104 valence electrons. The van der Waals surface area contributed by atoms with E-state index in [4.69, 9.17) is 15.2 Å². The van der Waals surface area contributed by atoms with Crippen LogP contribution in [0.15, 0.2) is 28.7 Å². The lowest BCUT2D eigenvalue weighted by Crippen LogP contribution is -2.47. The summed E-state index contributed by atoms with van der Waals surface area (Å²) in [4.78, 5) is 12.9. The Balaban J connectivity index is 1.82. The zero-order valence-corrected chi connectivity index (χ0v) is 12.1. The molecule has 0 bridgehead atoms. The maximum absolute atomic E-state index is 10.9. The lowest BCUT2D eigenvalue weighted by atomic mass is 10.3. The fraction of sp³-hybridized carbons (Fsp3) is 0.462. The molecule has 5 nitrogen and oxygen atoms in total. The van der Waals surface area contributed by atoms with E-state index in [1.165, 1.54) is 0 Å². The van der Waals surface area contributed by atoms with Crippen LogP contribution in [0.25, 0.3) is 0 Å². The molecule has 0 spiro atoms. The summed E-state index contributed by atoms with van der Waals surface area (Å²) in [5.74, 6) is 0.477. The van der Waals surface area contributed by atoms with Crippen LogP contribution in [-0.4, -0.2) is 49.8 Å². The van der Waals surface area contributed by atoms with Gasteiger partial charge >= 0.3 is 0 Å². The predicted octanol–water partition coefficient (Wildman–Crippen LogP) is 1.01. The molecule has 0 aliphatic carbocycles. The number of nitrogens with two attached hydrogens (primary N) is 1. The van der Waals surface area contributed by atoms with Crippen LogP contribution in [0.4, 0.5) is 0 Å². The van der Waals surface area contributed by atoms with E-state index in [0.717, 1.165) is 16.8 Å². The number of hydrogen-bond donors (Lipinski definition) is 1. The van der Waals surface area contributed by atoms with Crippen molar-refractivity contribution in [1.29, 1.82) is 0 Å². The van der Waals surface area contributed by atoms with Gasteiger partial charge < -0.3 is 15.2 Å². The first-order chi connectivity index (χ1) is 9.15. The van der Waals surface area contributed by atoms with Gasteiger partial charge in [0.25, 0.3) is 0 Å². The number of carbonyl (C=O) groups excluding carboxylic acids is 1. The van der Waals surface area contributed by atoms with Gasteiger partial charge in [-0.2, -0.15) is 0 Å². The molecule has 0 aromatic heterocycles. The fourth-order valence-corrected chi connectivity index (χ4v) is 2.39. The van der Waals surface area contributed by atoms with E-state index in [9.17, 15) is 4.79 Å². The summed E-state index contributed by atoms with van der Waals surface area (Å²) in [6, 6.07) is 7.68. The van der Waals surface area contributed by atoms with Gasteiger partial charge in [0.05, 0.1) is 17.6 Å². The molecule has 1 heterocycles. The van der Waals surface area contributed by atoms with Crippen molar-refractivity contribution in [3.63, 3.8) is 0 Å². The molecular weight excluding hydrogens is 312 g/mol. The maximum Gasteiger partial charge on any atom is 0.231 e. The average Bonchev–Trinajstić information content (AvgIpc) is 2.37. The number of para-hydroxylation sites is 1. The van der Waals surface area contributed by atoms with Gasteiger partial charge in [-0.15, -0.1) is 0 Å². The molecule has 1 amide bonds. The zero-order valence-electron chi connectivity index (χ0n) is 10.5. The second kappa shape index (κ2) is 6.88. The number of carbonyl (C=O) groups is 1. The van der Waals surface area contributed by atoms with E-state index >= 15 is 0 Å². The van der Waals surface area contributed by atoms with Crippen LogP contribution in [0.2, 0.25) is 0 Å². The number of hydrogen-bond acceptors (Lipinski definition) is 4. The number of ether oxygens (including phenoxy) is 2. The van der Waals surface area contributed by atoms with Crippen LogP contribution in [0.5, 0.6) is 5.75 Å². The lowest BCUT2D eigenvalue weighted by molar-refractivity contribution is -0.121. The first kappa shape index (κ1) is 14.3. The van der Waals surface area contributed by atoms with E-state index in [-0.39, 0.29) is 18.6 Å². The first-order valence-electron chi connectivity index (χ1n) is 6.15. The molecule has 1 atom stereocenters. The smallest absolute Gasteiger partial charge is 0.231 e. The van der Waals surface area contributed by atoms with Gasteiger partial charge in [-0.05, 0) is 28.1 Å². The molecular formula is C13H17BrN2O3. The summed E-state index contributed by atoms with van der Waals surface area (Å²) in [7, 11) is 0. The molecule has 1 saturated heterocycles. The number of amides is 1. The molecule has 2 rings (SSSR count). The minimum Gasteiger partial charge on any atom is -0.490 e. The molecule has 0 saturated carbocycles. The molecule has 0 radical (unpaired) electrons. The molecule has 6 heteroatoms. The van der Waals surface area contributed by atoms with Crippen molar-refractivity contribution < 1.29 is 14.3 Å². The second-order valence-corrected chi connectivity index (χ2v) is 5.29. The molecule has 0 unspecified atom stereocenters. The highest BCUT2D eigenvalue weighted by Crippen LogP contribution is 2.24. The van der Waals surface area contributed by atoms with Crippen molar-refractivity contribution in [3.8, 4) is 5.75 Å². The molecule has 19 heavy (non-hydrogen) atoms. The summed E-state index contributed by atoms with van der Waals surface area (Å²) < 4.78 is 12.2. The Morgan fingerprint density at radius 3 is 3.05 bits per heavy atom. The number of rotatable bonds is 5. The zero-order chi connectivity index (χ0) is 13.7. The number of halogens is 1. The number of benzene rings is 1. The topological polar surface area (TPSA) is 64.8 Å². The van der Waals surface area contributed by atoms with Gasteiger partial charge in [-0.1, -0.05) is 12.1 Å². The van der Waals surface area contributed by atoms with Crippen molar-refractivity contribution in [2.24, 2.45) is 5.73 Å². The van der Waals surface area contributed by atoms with Crippen LogP contribution >= 0.6 is 15.9 Å². The Kier molecular flexibility index (Phi) is 5.18. The average molecular weight is 329 g/mol. The van der Waals surface area contributed by atoms with Crippen molar-refractivity contribution in [3.05, 3.63) is 28.7 Å². The summed E-state index contributed by atoms with van der Waals surface area (Å²) in [6.07, 6.45) is -0.0415. The molecule has 1 aliphatic heterocycles. The largest absolute Gasteiger partial charge is 0.490 e. The van der Waals surface area contributed by atoms with Gasteiger partial charge in [-0.3, -0.25) is 9.69 Å². The summed E-state index contributed by atoms with van der Waals surface area (Å²) in [5, 5.41) is 0. The quantitative estimate of drug-likeness (QED) is 0.876. The monoisotopic (exact) mass is 328 g/mol. The standard InChI is InChI=1S/C13H17BrN2O3/c14-11-3-1-2-4-12(11)19-9-10-7-16(5-6-18-10)8-13(15)17/h1-4,10H,5-9H2,(H2,15,17)/t10-/m1/s1. The van der Waals surface area contributed by atoms with Crippen molar-refractivity contribution >= 4 is 21.8 Å². The van der Waals surface area contributed by atoms with Crippen LogP contribution in [0.3, 0.4) is 0 Å². The SMILES string of the molecule is NC(=O)CN1CCO[C@@H](COc2ccccc2Br)C1. The van der Waals surface area contributed by atoms with E-state index in [1.807, 2.05) is 29.2 Å². The van der Waals surface area contributed by atoms with Crippen LogP contribution < -0.4 is 10.5 Å². The highest BCUT2D eigenvalue weighted by Gasteiger charge is 2.22. The minimum absolute atomic E-state index is 0.0415. The van der Waals surface area contributed by atoms with E-state index < -0.39 is 0 Å². The van der Waals surface area contributed by atoms with Gasteiger partial charge in [0, 0.05) is 13.1 Å². The molecule has 1 aromatic carbocycles. The van der Waals surface area contributed by atoms with Crippen LogP contribution in [0, 0.1) is 0 Å². The molecule has 2 N–H and O–H groups in total. The van der Waals surface area contributed by atoms with Crippen LogP contribution in [0.1, 0.15) is 0 Å². The van der Waals surface area contributed by atoms with Crippen molar-refractivity contribution in [1.82, 2.24) is 4.90 Å². The minimum atomic E-state index is -0.313. The third-order valence-corrected chi connectivity index (χ3v) is 3.52. The number of primary amides is 1. The summed E-state index contributed by atoms with van der Waals surface area (Å²) in [5.41, 5.74) is 5.19.